The van der Waals surface area contributed by atoms with E-state index in [1.165, 1.54) is 0 Å². The lowest BCUT2D eigenvalue weighted by Crippen LogP contribution is -2.53. The number of aliphatic hydroxyl groups excluding tert-OH is 1. The second-order valence-corrected chi connectivity index (χ2v) is 6.59. The van der Waals surface area contributed by atoms with Crippen molar-refractivity contribution in [3.05, 3.63) is 30.3 Å². The second kappa shape index (κ2) is 8.46. The van der Waals surface area contributed by atoms with E-state index in [-0.39, 0.29) is 5.91 Å². The Bertz CT molecular complexity index is 514. The summed E-state index contributed by atoms with van der Waals surface area (Å²) >= 11 is 0. The van der Waals surface area contributed by atoms with E-state index in [0.29, 0.717) is 19.7 Å². The van der Waals surface area contributed by atoms with E-state index in [0.717, 1.165) is 51.4 Å². The SMILES string of the molecule is O=C(CN1CCN(CC(O)COc2ccccc2)CC1)N1CCC1. The van der Waals surface area contributed by atoms with Crippen LogP contribution in [0.15, 0.2) is 30.3 Å². The molecule has 0 spiro atoms. The molecule has 1 N–H and O–H groups in total. The van der Waals surface area contributed by atoms with Crippen molar-refractivity contribution in [3.63, 3.8) is 0 Å². The largest absolute Gasteiger partial charge is 0.491 e. The van der Waals surface area contributed by atoms with Gasteiger partial charge < -0.3 is 14.7 Å². The Morgan fingerprint density at radius 2 is 1.71 bits per heavy atom. The summed E-state index contributed by atoms with van der Waals surface area (Å²) in [4.78, 5) is 18.4. The first-order valence-corrected chi connectivity index (χ1v) is 8.79. The Labute approximate surface area is 143 Å². The summed E-state index contributed by atoms with van der Waals surface area (Å²) in [6.45, 7) is 6.83. The molecule has 1 aromatic carbocycles. The lowest BCUT2D eigenvalue weighted by molar-refractivity contribution is -0.136. The molecule has 0 bridgehead atoms. The van der Waals surface area contributed by atoms with Crippen molar-refractivity contribution in [1.82, 2.24) is 14.7 Å². The number of nitrogens with zero attached hydrogens (tertiary/aromatic N) is 3. The van der Waals surface area contributed by atoms with Crippen LogP contribution in [0.1, 0.15) is 6.42 Å². The van der Waals surface area contributed by atoms with Gasteiger partial charge in [-0.2, -0.15) is 0 Å². The molecule has 0 saturated carbocycles. The second-order valence-electron chi connectivity index (χ2n) is 6.59. The van der Waals surface area contributed by atoms with Crippen LogP contribution in [-0.2, 0) is 4.79 Å². The van der Waals surface area contributed by atoms with E-state index < -0.39 is 6.10 Å². The molecule has 24 heavy (non-hydrogen) atoms. The molecule has 6 nitrogen and oxygen atoms in total. The molecule has 1 atom stereocenters. The first-order valence-electron chi connectivity index (χ1n) is 8.79. The number of carbonyl (C=O) groups is 1. The van der Waals surface area contributed by atoms with Crippen molar-refractivity contribution in [1.29, 1.82) is 0 Å². The highest BCUT2D eigenvalue weighted by Gasteiger charge is 2.25. The predicted molar refractivity (Wildman–Crippen MR) is 92.0 cm³/mol. The Balaban J connectivity index is 1.32. The smallest absolute Gasteiger partial charge is 0.236 e. The molecule has 0 aromatic heterocycles. The van der Waals surface area contributed by atoms with Crippen molar-refractivity contribution in [2.24, 2.45) is 0 Å². The maximum Gasteiger partial charge on any atom is 0.236 e. The van der Waals surface area contributed by atoms with Gasteiger partial charge in [-0.15, -0.1) is 0 Å². The molecule has 6 heteroatoms. The highest BCUT2D eigenvalue weighted by molar-refractivity contribution is 5.78. The van der Waals surface area contributed by atoms with E-state index >= 15 is 0 Å². The number of hydrogen-bond acceptors (Lipinski definition) is 5. The normalized spacial score (nSPS) is 20.5. The molecule has 1 amide bonds. The van der Waals surface area contributed by atoms with Crippen LogP contribution in [0.4, 0.5) is 0 Å². The van der Waals surface area contributed by atoms with Gasteiger partial charge in [-0.25, -0.2) is 0 Å². The van der Waals surface area contributed by atoms with Gasteiger partial charge in [0.25, 0.3) is 0 Å². The quantitative estimate of drug-likeness (QED) is 0.777. The summed E-state index contributed by atoms with van der Waals surface area (Å²) in [6, 6.07) is 9.56. The molecule has 1 unspecified atom stereocenters. The van der Waals surface area contributed by atoms with Crippen LogP contribution < -0.4 is 4.74 Å². The van der Waals surface area contributed by atoms with Crippen molar-refractivity contribution in [3.8, 4) is 5.75 Å². The zero-order valence-electron chi connectivity index (χ0n) is 14.1. The Morgan fingerprint density at radius 1 is 1.04 bits per heavy atom. The minimum absolute atomic E-state index is 0.256. The van der Waals surface area contributed by atoms with E-state index in [9.17, 15) is 9.90 Å². The molecule has 1 aromatic rings. The maximum atomic E-state index is 12.0. The van der Waals surface area contributed by atoms with Gasteiger partial charge in [-0.1, -0.05) is 18.2 Å². The average Bonchev–Trinajstić information content (AvgIpc) is 2.54. The Kier molecular flexibility index (Phi) is 6.07. The fourth-order valence-corrected chi connectivity index (χ4v) is 3.05. The average molecular weight is 333 g/mol. The Hall–Kier alpha value is -1.63. The van der Waals surface area contributed by atoms with Crippen LogP contribution in [0.5, 0.6) is 5.75 Å². The fraction of sp³-hybridized carbons (Fsp3) is 0.611. The predicted octanol–water partition coefficient (Wildman–Crippen LogP) is 0.276. The lowest BCUT2D eigenvalue weighted by atomic mass is 10.2. The molecule has 2 aliphatic heterocycles. The zero-order chi connectivity index (χ0) is 16.8. The molecule has 2 fully saturated rings. The molecule has 2 heterocycles. The monoisotopic (exact) mass is 333 g/mol. The number of benzene rings is 1. The van der Waals surface area contributed by atoms with Crippen molar-refractivity contribution in [2.75, 3.05) is 59.0 Å². The Morgan fingerprint density at radius 3 is 2.33 bits per heavy atom. The van der Waals surface area contributed by atoms with Gasteiger partial charge in [0.05, 0.1) is 6.54 Å². The number of para-hydroxylation sites is 1. The molecule has 3 rings (SSSR count). The lowest BCUT2D eigenvalue weighted by Gasteiger charge is -2.37. The number of amides is 1. The van der Waals surface area contributed by atoms with Crippen LogP contribution in [0.3, 0.4) is 0 Å². The molecular formula is C18H27N3O3. The third kappa shape index (κ3) is 4.93. The molecular weight excluding hydrogens is 306 g/mol. The number of aliphatic hydroxyl groups is 1. The fourth-order valence-electron chi connectivity index (χ4n) is 3.05. The van der Waals surface area contributed by atoms with Crippen molar-refractivity contribution in [2.45, 2.75) is 12.5 Å². The summed E-state index contributed by atoms with van der Waals surface area (Å²) in [6.07, 6.45) is 0.641. The number of piperazine rings is 1. The summed E-state index contributed by atoms with van der Waals surface area (Å²) in [5.41, 5.74) is 0. The number of β-amino-alcohol motifs (C(OH)–C–C–N with tert-alkyl or cyclic N) is 1. The van der Waals surface area contributed by atoms with Crippen LogP contribution in [-0.4, -0.2) is 90.8 Å². The number of ether oxygens (including phenoxy) is 1. The van der Waals surface area contributed by atoms with E-state index in [1.807, 2.05) is 35.2 Å². The third-order valence-electron chi connectivity index (χ3n) is 4.69. The van der Waals surface area contributed by atoms with Gasteiger partial charge in [0, 0.05) is 45.8 Å². The van der Waals surface area contributed by atoms with Gasteiger partial charge in [0.15, 0.2) is 0 Å². The third-order valence-corrected chi connectivity index (χ3v) is 4.69. The molecule has 2 saturated heterocycles. The zero-order valence-corrected chi connectivity index (χ0v) is 14.1. The number of hydrogen-bond donors (Lipinski definition) is 1. The molecule has 132 valence electrons. The van der Waals surface area contributed by atoms with Crippen molar-refractivity contribution < 1.29 is 14.6 Å². The number of likely N-dealkylation sites (tertiary alicyclic amines) is 1. The molecule has 0 radical (unpaired) electrons. The van der Waals surface area contributed by atoms with Gasteiger partial charge in [0.1, 0.15) is 18.5 Å². The van der Waals surface area contributed by atoms with Crippen molar-refractivity contribution >= 4 is 5.91 Å². The summed E-state index contributed by atoms with van der Waals surface area (Å²) < 4.78 is 5.59. The van der Waals surface area contributed by atoms with Gasteiger partial charge >= 0.3 is 0 Å². The highest BCUT2D eigenvalue weighted by Crippen LogP contribution is 2.10. The summed E-state index contributed by atoms with van der Waals surface area (Å²) in [5, 5.41) is 10.1. The minimum Gasteiger partial charge on any atom is -0.491 e. The van der Waals surface area contributed by atoms with Crippen LogP contribution in [0, 0.1) is 0 Å². The number of carbonyl (C=O) groups excluding carboxylic acids is 1. The first-order chi connectivity index (χ1) is 11.7. The van der Waals surface area contributed by atoms with Crippen LogP contribution in [0.25, 0.3) is 0 Å². The highest BCUT2D eigenvalue weighted by atomic mass is 16.5. The first kappa shape index (κ1) is 17.2. The van der Waals surface area contributed by atoms with E-state index in [4.69, 9.17) is 4.74 Å². The van der Waals surface area contributed by atoms with Gasteiger partial charge in [-0.05, 0) is 18.6 Å². The molecule has 0 aliphatic carbocycles. The van der Waals surface area contributed by atoms with Gasteiger partial charge in [0.2, 0.25) is 5.91 Å². The summed E-state index contributed by atoms with van der Waals surface area (Å²) in [7, 11) is 0. The van der Waals surface area contributed by atoms with E-state index in [2.05, 4.69) is 9.80 Å². The minimum atomic E-state index is -0.500. The van der Waals surface area contributed by atoms with Crippen LogP contribution in [0.2, 0.25) is 0 Å². The number of rotatable bonds is 7. The maximum absolute atomic E-state index is 12.0. The van der Waals surface area contributed by atoms with Crippen LogP contribution >= 0.6 is 0 Å². The topological polar surface area (TPSA) is 56.3 Å². The van der Waals surface area contributed by atoms with Gasteiger partial charge in [-0.3, -0.25) is 14.6 Å². The molecule has 2 aliphatic rings. The van der Waals surface area contributed by atoms with E-state index in [1.54, 1.807) is 0 Å². The summed E-state index contributed by atoms with van der Waals surface area (Å²) in [5.74, 6) is 1.04. The standard InChI is InChI=1S/C18H27N3O3/c22-16(15-24-17-5-2-1-3-6-17)13-19-9-11-20(12-10-19)14-18(23)21-7-4-8-21/h1-3,5-6,16,22H,4,7-15H2.